The SMILES string of the molecule is c1ccc(-c2nc(-c3ccccc3)nc(-c3cccc(-n4c5ccc6c7ccccc7[nH]c6c5c5c4nc(-c4ccccc4)n5-c4ccccc4)c3)n2)cc1. The van der Waals surface area contributed by atoms with Gasteiger partial charge < -0.3 is 4.98 Å². The summed E-state index contributed by atoms with van der Waals surface area (Å²) in [5.74, 6) is 2.71. The smallest absolute Gasteiger partial charge is 0.165 e. The van der Waals surface area contributed by atoms with E-state index in [1.807, 2.05) is 66.7 Å². The Balaban J connectivity index is 1.21. The van der Waals surface area contributed by atoms with Crippen molar-refractivity contribution < 1.29 is 0 Å². The highest BCUT2D eigenvalue weighted by Crippen LogP contribution is 2.42. The molecule has 0 atom stereocenters. The fourth-order valence-electron chi connectivity index (χ4n) is 7.83. The van der Waals surface area contributed by atoms with Crippen LogP contribution < -0.4 is 0 Å². The summed E-state index contributed by atoms with van der Waals surface area (Å²) >= 11 is 0. The Morgan fingerprint density at radius 1 is 0.400 bits per heavy atom. The van der Waals surface area contributed by atoms with Gasteiger partial charge in [0.25, 0.3) is 0 Å². The van der Waals surface area contributed by atoms with Crippen molar-refractivity contribution in [2.75, 3.05) is 0 Å². The van der Waals surface area contributed by atoms with E-state index in [2.05, 4.69) is 129 Å². The van der Waals surface area contributed by atoms with E-state index in [1.54, 1.807) is 0 Å². The minimum absolute atomic E-state index is 0.597. The van der Waals surface area contributed by atoms with Gasteiger partial charge in [0.05, 0.1) is 16.4 Å². The summed E-state index contributed by atoms with van der Waals surface area (Å²) in [6.07, 6.45) is 0. The highest BCUT2D eigenvalue weighted by molar-refractivity contribution is 6.24. The monoisotopic (exact) mass is 705 g/mol. The molecule has 0 saturated heterocycles. The number of imidazole rings is 1. The van der Waals surface area contributed by atoms with Crippen molar-refractivity contribution in [3.63, 3.8) is 0 Å². The first-order valence-corrected chi connectivity index (χ1v) is 18.3. The van der Waals surface area contributed by atoms with E-state index in [0.717, 1.165) is 72.6 Å². The van der Waals surface area contributed by atoms with E-state index in [0.29, 0.717) is 17.5 Å². The molecule has 7 heteroatoms. The molecule has 0 aliphatic rings. The van der Waals surface area contributed by atoms with Crippen LogP contribution in [0.3, 0.4) is 0 Å². The van der Waals surface area contributed by atoms with Gasteiger partial charge in [0.15, 0.2) is 23.1 Å². The Hall–Kier alpha value is -7.64. The molecular formula is C48H31N7. The normalized spacial score (nSPS) is 11.6. The van der Waals surface area contributed by atoms with E-state index in [9.17, 15) is 0 Å². The van der Waals surface area contributed by atoms with Crippen molar-refractivity contribution in [2.24, 2.45) is 0 Å². The predicted octanol–water partition coefficient (Wildman–Crippen LogP) is 11.5. The molecule has 55 heavy (non-hydrogen) atoms. The average molecular weight is 706 g/mol. The van der Waals surface area contributed by atoms with Crippen LogP contribution in [0.25, 0.3) is 101 Å². The third-order valence-electron chi connectivity index (χ3n) is 10.3. The molecule has 7 nitrogen and oxygen atoms in total. The van der Waals surface area contributed by atoms with Crippen LogP contribution in [-0.4, -0.2) is 34.1 Å². The van der Waals surface area contributed by atoms with E-state index in [4.69, 9.17) is 19.9 Å². The molecule has 7 aromatic carbocycles. The number of hydrogen-bond donors (Lipinski definition) is 1. The predicted molar refractivity (Wildman–Crippen MR) is 222 cm³/mol. The molecule has 11 aromatic rings. The maximum absolute atomic E-state index is 5.51. The van der Waals surface area contributed by atoms with Crippen LogP contribution in [0.4, 0.5) is 0 Å². The second kappa shape index (κ2) is 12.5. The van der Waals surface area contributed by atoms with Crippen LogP contribution >= 0.6 is 0 Å². The standard InChI is InChI=1S/C48H31N7/c1-5-16-31(17-6-1)44-50-45(32-18-7-2-8-19-32)52-46(51-44)34-22-15-25-36(30-34)54-40-29-28-38-37-26-13-14-27-39(37)49-42(38)41(40)43-48(54)53-47(33-20-9-3-10-21-33)55(43)35-23-11-4-12-24-35/h1-30,49H. The average Bonchev–Trinajstić information content (AvgIpc) is 3.94. The van der Waals surface area contributed by atoms with Crippen LogP contribution in [-0.2, 0) is 0 Å². The fourth-order valence-corrected chi connectivity index (χ4v) is 7.83. The number of fused-ring (bicyclic) bond motifs is 7. The summed E-state index contributed by atoms with van der Waals surface area (Å²) in [6, 6.07) is 62.5. The molecule has 4 heterocycles. The number of aromatic nitrogens is 7. The summed E-state index contributed by atoms with van der Waals surface area (Å²) in [6.45, 7) is 0. The quantitative estimate of drug-likeness (QED) is 0.187. The third-order valence-corrected chi connectivity index (χ3v) is 10.3. The van der Waals surface area contributed by atoms with Crippen molar-refractivity contribution in [1.82, 2.24) is 34.1 Å². The molecule has 258 valence electrons. The van der Waals surface area contributed by atoms with Gasteiger partial charge in [-0.05, 0) is 36.4 Å². The van der Waals surface area contributed by atoms with Crippen LogP contribution in [0.5, 0.6) is 0 Å². The molecule has 0 saturated carbocycles. The highest BCUT2D eigenvalue weighted by atomic mass is 15.2. The van der Waals surface area contributed by atoms with Crippen LogP contribution in [0, 0.1) is 0 Å². The van der Waals surface area contributed by atoms with Gasteiger partial charge in [-0.1, -0.05) is 146 Å². The van der Waals surface area contributed by atoms with Gasteiger partial charge in [0.1, 0.15) is 11.3 Å². The number of hydrogen-bond acceptors (Lipinski definition) is 4. The first kappa shape index (κ1) is 30.9. The Morgan fingerprint density at radius 3 is 1.62 bits per heavy atom. The lowest BCUT2D eigenvalue weighted by Crippen LogP contribution is -2.01. The summed E-state index contributed by atoms with van der Waals surface area (Å²) in [7, 11) is 0. The molecule has 0 fully saturated rings. The molecule has 0 aliphatic carbocycles. The van der Waals surface area contributed by atoms with Gasteiger partial charge in [-0.2, -0.15) is 0 Å². The van der Waals surface area contributed by atoms with E-state index in [-0.39, 0.29) is 0 Å². The lowest BCUT2D eigenvalue weighted by Gasteiger charge is -2.11. The van der Waals surface area contributed by atoms with Crippen molar-refractivity contribution >= 4 is 43.9 Å². The van der Waals surface area contributed by atoms with Crippen molar-refractivity contribution in [3.8, 4) is 56.9 Å². The molecule has 11 rings (SSSR count). The fraction of sp³-hybridized carbons (Fsp3) is 0. The molecule has 0 unspecified atom stereocenters. The second-order valence-electron chi connectivity index (χ2n) is 13.6. The Labute approximate surface area is 315 Å². The van der Waals surface area contributed by atoms with Gasteiger partial charge in [-0.3, -0.25) is 9.13 Å². The topological polar surface area (TPSA) is 77.2 Å². The first-order chi connectivity index (χ1) is 27.3. The number of rotatable bonds is 6. The summed E-state index contributed by atoms with van der Waals surface area (Å²) in [5.41, 5.74) is 10.9. The minimum atomic E-state index is 0.597. The molecule has 1 N–H and O–H groups in total. The van der Waals surface area contributed by atoms with E-state index < -0.39 is 0 Å². The van der Waals surface area contributed by atoms with E-state index in [1.165, 1.54) is 10.8 Å². The van der Waals surface area contributed by atoms with E-state index >= 15 is 0 Å². The van der Waals surface area contributed by atoms with Crippen LogP contribution in [0.2, 0.25) is 0 Å². The third kappa shape index (κ3) is 5.05. The Morgan fingerprint density at radius 2 is 0.945 bits per heavy atom. The van der Waals surface area contributed by atoms with Crippen molar-refractivity contribution in [3.05, 3.63) is 182 Å². The number of para-hydroxylation sites is 2. The molecule has 0 radical (unpaired) electrons. The largest absolute Gasteiger partial charge is 0.354 e. The number of benzene rings is 7. The lowest BCUT2D eigenvalue weighted by atomic mass is 10.1. The van der Waals surface area contributed by atoms with Gasteiger partial charge in [0.2, 0.25) is 0 Å². The zero-order valence-electron chi connectivity index (χ0n) is 29.5. The maximum Gasteiger partial charge on any atom is 0.165 e. The summed E-state index contributed by atoms with van der Waals surface area (Å²) < 4.78 is 4.59. The molecule has 0 amide bonds. The Kier molecular flexibility index (Phi) is 7.03. The molecule has 0 spiro atoms. The number of nitrogens with zero attached hydrogens (tertiary/aromatic N) is 6. The zero-order valence-corrected chi connectivity index (χ0v) is 29.5. The highest BCUT2D eigenvalue weighted by Gasteiger charge is 2.26. The second-order valence-corrected chi connectivity index (χ2v) is 13.6. The molecule has 4 aromatic heterocycles. The molecule has 0 aliphatic heterocycles. The van der Waals surface area contributed by atoms with Gasteiger partial charge >= 0.3 is 0 Å². The number of H-pyrrole nitrogens is 1. The Bertz CT molecular complexity index is 3120. The zero-order chi connectivity index (χ0) is 36.3. The minimum Gasteiger partial charge on any atom is -0.354 e. The molecule has 0 bridgehead atoms. The van der Waals surface area contributed by atoms with Crippen molar-refractivity contribution in [1.29, 1.82) is 0 Å². The summed E-state index contributed by atoms with van der Waals surface area (Å²) in [4.78, 5) is 24.4. The van der Waals surface area contributed by atoms with Crippen LogP contribution in [0.15, 0.2) is 182 Å². The maximum atomic E-state index is 5.51. The van der Waals surface area contributed by atoms with Gasteiger partial charge in [-0.25, -0.2) is 19.9 Å². The van der Waals surface area contributed by atoms with Gasteiger partial charge in [0, 0.05) is 49.9 Å². The van der Waals surface area contributed by atoms with Crippen molar-refractivity contribution in [2.45, 2.75) is 0 Å². The summed E-state index contributed by atoms with van der Waals surface area (Å²) in [5, 5.41) is 3.46. The molecular weight excluding hydrogens is 675 g/mol. The van der Waals surface area contributed by atoms with Gasteiger partial charge in [-0.15, -0.1) is 0 Å². The number of nitrogens with one attached hydrogen (secondary N) is 1. The van der Waals surface area contributed by atoms with Crippen LogP contribution in [0.1, 0.15) is 0 Å². The lowest BCUT2D eigenvalue weighted by molar-refractivity contribution is 1.07. The first-order valence-electron chi connectivity index (χ1n) is 18.3. The number of aromatic amines is 1.